The summed E-state index contributed by atoms with van der Waals surface area (Å²) in [6.45, 7) is 0.230. The van der Waals surface area contributed by atoms with Crippen LogP contribution in [0.15, 0.2) is 20.0 Å². The summed E-state index contributed by atoms with van der Waals surface area (Å²) < 4.78 is 38.3. The zero-order chi connectivity index (χ0) is 37.7. The third-order valence-corrected chi connectivity index (χ3v) is 6.45. The zero-order valence-electron chi connectivity index (χ0n) is 28.7. The molecule has 284 valence electrons. The van der Waals surface area contributed by atoms with Crippen molar-refractivity contribution in [1.29, 1.82) is 0 Å². The minimum Gasteiger partial charge on any atom is -0.466 e. The van der Waals surface area contributed by atoms with Crippen LogP contribution in [0.2, 0.25) is 0 Å². The third kappa shape index (κ3) is 29.9. The van der Waals surface area contributed by atoms with Crippen LogP contribution in [0.4, 0.5) is 0 Å². The predicted octanol–water partition coefficient (Wildman–Crippen LogP) is 1.05. The van der Waals surface area contributed by atoms with Crippen molar-refractivity contribution in [2.24, 2.45) is 25.4 Å². The molecule has 0 atom stereocenters. The average Bonchev–Trinajstić information content (AvgIpc) is 3.11. The lowest BCUT2D eigenvalue weighted by atomic mass is 9.87. The van der Waals surface area contributed by atoms with E-state index in [1.807, 2.05) is 0 Å². The van der Waals surface area contributed by atoms with Crippen LogP contribution in [0, 0.1) is 5.41 Å². The van der Waals surface area contributed by atoms with Gasteiger partial charge >= 0.3 is 23.9 Å². The maximum Gasteiger partial charge on any atom is 0.305 e. The molecular formula is C32H46N4O15. The Morgan fingerprint density at radius 3 is 0.961 bits per heavy atom. The number of nitrogens with zero attached hydrogens (tertiary/aromatic N) is 4. The van der Waals surface area contributed by atoms with E-state index >= 15 is 0 Å². The Labute approximate surface area is 295 Å². The van der Waals surface area contributed by atoms with Gasteiger partial charge in [0.1, 0.15) is 19.8 Å². The maximum atomic E-state index is 12.2. The van der Waals surface area contributed by atoms with Crippen molar-refractivity contribution in [3.05, 3.63) is 0 Å². The molecule has 0 aromatic carbocycles. The first-order valence-corrected chi connectivity index (χ1v) is 16.3. The van der Waals surface area contributed by atoms with Gasteiger partial charge in [0.15, 0.2) is 0 Å². The number of isocyanates is 4. The fraction of sp³-hybridized carbons (Fsp3) is 0.750. The monoisotopic (exact) mass is 726 g/mol. The lowest BCUT2D eigenvalue weighted by molar-refractivity contribution is -0.149. The molecule has 0 heterocycles. The molecule has 0 saturated carbocycles. The van der Waals surface area contributed by atoms with Crippen LogP contribution in [-0.2, 0) is 71.5 Å². The highest BCUT2D eigenvalue weighted by atomic mass is 16.6. The van der Waals surface area contributed by atoms with E-state index in [0.717, 1.165) is 0 Å². The summed E-state index contributed by atoms with van der Waals surface area (Å²) in [5.41, 5.74) is -0.952. The summed E-state index contributed by atoms with van der Waals surface area (Å²) in [6, 6.07) is 0. The first kappa shape index (κ1) is 46.3. The highest BCUT2D eigenvalue weighted by molar-refractivity contribution is 5.70. The molecule has 0 aromatic heterocycles. The minimum atomic E-state index is -0.952. The Hall–Kier alpha value is -4.72. The molecule has 0 rings (SSSR count). The molecule has 0 aliphatic carbocycles. The van der Waals surface area contributed by atoms with Crippen LogP contribution in [0.5, 0.6) is 0 Å². The second-order valence-corrected chi connectivity index (χ2v) is 10.6. The molecule has 0 aromatic rings. The molecule has 0 unspecified atom stereocenters. The van der Waals surface area contributed by atoms with Gasteiger partial charge in [0.05, 0.1) is 72.4 Å². The molecule has 51 heavy (non-hydrogen) atoms. The summed E-state index contributed by atoms with van der Waals surface area (Å²) >= 11 is 0. The van der Waals surface area contributed by atoms with Crippen LogP contribution in [0.3, 0.4) is 0 Å². The second-order valence-electron chi connectivity index (χ2n) is 10.6. The lowest BCUT2D eigenvalue weighted by Crippen LogP contribution is -2.40. The summed E-state index contributed by atoms with van der Waals surface area (Å²) in [4.78, 5) is 102. The Bertz CT molecular complexity index is 1090. The van der Waals surface area contributed by atoms with Gasteiger partial charge in [-0.2, -0.15) is 0 Å². The first-order valence-electron chi connectivity index (χ1n) is 16.3. The number of ether oxygens (including phenoxy) is 7. The number of esters is 4. The van der Waals surface area contributed by atoms with Crippen molar-refractivity contribution in [2.75, 3.05) is 92.2 Å². The average molecular weight is 727 g/mol. The largest absolute Gasteiger partial charge is 0.466 e. The topological polar surface area (TPSA) is 251 Å². The van der Waals surface area contributed by atoms with Crippen LogP contribution in [0.25, 0.3) is 0 Å². The van der Waals surface area contributed by atoms with E-state index in [-0.39, 0.29) is 124 Å². The number of carbonyl (C=O) groups excluding carboxylic acids is 8. The normalized spacial score (nSPS) is 11.3. The van der Waals surface area contributed by atoms with E-state index in [1.54, 1.807) is 0 Å². The fourth-order valence-electron chi connectivity index (χ4n) is 3.91. The van der Waals surface area contributed by atoms with Gasteiger partial charge < -0.3 is 33.2 Å². The van der Waals surface area contributed by atoms with Crippen LogP contribution >= 0.6 is 0 Å². The molecule has 19 nitrogen and oxygen atoms in total. The molecule has 0 radical (unpaired) electrons. The molecule has 0 N–H and O–H groups in total. The number of rotatable bonds is 34. The van der Waals surface area contributed by atoms with Gasteiger partial charge in [-0.1, -0.05) is 0 Å². The molecule has 0 aliphatic rings. The number of hydrogen-bond donors (Lipinski definition) is 0. The van der Waals surface area contributed by atoms with E-state index in [1.165, 1.54) is 24.3 Å². The Morgan fingerprint density at radius 1 is 0.412 bits per heavy atom. The van der Waals surface area contributed by atoms with E-state index in [9.17, 15) is 38.4 Å². The Balaban J connectivity index is 5.36. The molecule has 0 aliphatic heterocycles. The van der Waals surface area contributed by atoms with Crippen molar-refractivity contribution < 1.29 is 71.5 Å². The van der Waals surface area contributed by atoms with Crippen molar-refractivity contribution in [1.82, 2.24) is 0 Å². The van der Waals surface area contributed by atoms with Crippen molar-refractivity contribution in [3.8, 4) is 0 Å². The molecule has 19 heteroatoms. The van der Waals surface area contributed by atoms with Gasteiger partial charge in [0, 0.05) is 31.1 Å². The third-order valence-electron chi connectivity index (χ3n) is 6.45. The smallest absolute Gasteiger partial charge is 0.305 e. The summed E-state index contributed by atoms with van der Waals surface area (Å²) in [5, 5.41) is 0. The maximum absolute atomic E-state index is 12.2. The van der Waals surface area contributed by atoms with Crippen LogP contribution in [-0.4, -0.2) is 140 Å². The number of carbonyl (C=O) groups is 4. The molecule has 0 amide bonds. The summed E-state index contributed by atoms with van der Waals surface area (Å²) in [5.74, 6) is -2.02. The SMILES string of the molecule is O=C=NCCCC(=O)OCCOCC(CCOC(=O)CCCN=C=O)(COCCOC(=O)CCCN=C=O)COCCOC(=O)CCCN=C=O. The van der Waals surface area contributed by atoms with Crippen molar-refractivity contribution in [2.45, 2.75) is 57.8 Å². The standard InChI is InChI=1S/C32H46N4O15/c37-24-33-10-1-5-28(41)48-14-9-32(21-45-15-18-49-29(42)6-2-11-34-25-38,22-46-16-19-50-30(43)7-3-12-35-26-39)23-47-17-20-51-31(44)8-4-13-36-27-40/h1-23H2. The highest BCUT2D eigenvalue weighted by Gasteiger charge is 2.32. The van der Waals surface area contributed by atoms with Crippen LogP contribution in [0.1, 0.15) is 57.8 Å². The fourth-order valence-corrected chi connectivity index (χ4v) is 3.91. The van der Waals surface area contributed by atoms with Crippen molar-refractivity contribution in [3.63, 3.8) is 0 Å². The lowest BCUT2D eigenvalue weighted by Gasteiger charge is -2.33. The van der Waals surface area contributed by atoms with E-state index < -0.39 is 29.3 Å². The van der Waals surface area contributed by atoms with E-state index in [2.05, 4.69) is 20.0 Å². The van der Waals surface area contributed by atoms with Crippen molar-refractivity contribution >= 4 is 48.2 Å². The quantitative estimate of drug-likeness (QED) is 0.0295. The van der Waals surface area contributed by atoms with Gasteiger partial charge in [0.25, 0.3) is 0 Å². The molecular weight excluding hydrogens is 680 g/mol. The first-order chi connectivity index (χ1) is 24.8. The van der Waals surface area contributed by atoms with Gasteiger partial charge in [-0.3, -0.25) is 19.2 Å². The molecule has 0 fully saturated rings. The number of aliphatic imine (C=N–C) groups is 4. The van der Waals surface area contributed by atoms with E-state index in [4.69, 9.17) is 33.2 Å². The number of hydrogen-bond acceptors (Lipinski definition) is 19. The second kappa shape index (κ2) is 33.8. The molecule has 0 saturated heterocycles. The summed E-state index contributed by atoms with van der Waals surface area (Å²) in [6.07, 6.45) is 7.20. The highest BCUT2D eigenvalue weighted by Crippen LogP contribution is 2.25. The van der Waals surface area contributed by atoms with Gasteiger partial charge in [0.2, 0.25) is 24.3 Å². The predicted molar refractivity (Wildman–Crippen MR) is 172 cm³/mol. The zero-order valence-corrected chi connectivity index (χ0v) is 28.7. The van der Waals surface area contributed by atoms with Gasteiger partial charge in [-0.25, -0.2) is 39.1 Å². The Kier molecular flexibility index (Phi) is 30.6. The molecule has 0 spiro atoms. The van der Waals surface area contributed by atoms with Gasteiger partial charge in [-0.05, 0) is 32.1 Å². The van der Waals surface area contributed by atoms with Crippen LogP contribution < -0.4 is 0 Å². The minimum absolute atomic E-state index is 0.00541. The van der Waals surface area contributed by atoms with Gasteiger partial charge in [-0.15, -0.1) is 0 Å². The Morgan fingerprint density at radius 2 is 0.686 bits per heavy atom. The van der Waals surface area contributed by atoms with E-state index in [0.29, 0.717) is 25.7 Å². The molecule has 0 bridgehead atoms. The summed E-state index contributed by atoms with van der Waals surface area (Å²) in [7, 11) is 0.